The molecule has 6 nitrogen and oxygen atoms in total. The van der Waals surface area contributed by atoms with Crippen LogP contribution in [0.25, 0.3) is 21.9 Å². The lowest BCUT2D eigenvalue weighted by Gasteiger charge is -2.27. The van der Waals surface area contributed by atoms with Gasteiger partial charge in [-0.3, -0.25) is 4.79 Å². The second-order valence-electron chi connectivity index (χ2n) is 8.11. The summed E-state index contributed by atoms with van der Waals surface area (Å²) in [5.74, 6) is 1.65. The number of carbonyl (C=O) groups is 1. The number of aryl methyl sites for hydroxylation is 1. The average molecular weight is 424 g/mol. The van der Waals surface area contributed by atoms with Crippen LogP contribution < -0.4 is 15.5 Å². The second-order valence-corrected chi connectivity index (χ2v) is 8.11. The first-order valence-electron chi connectivity index (χ1n) is 10.8. The van der Waals surface area contributed by atoms with Crippen LogP contribution in [0.15, 0.2) is 73.1 Å². The van der Waals surface area contributed by atoms with Crippen LogP contribution in [-0.2, 0) is 11.3 Å². The molecule has 1 fully saturated rings. The van der Waals surface area contributed by atoms with E-state index in [4.69, 9.17) is 0 Å². The van der Waals surface area contributed by atoms with Gasteiger partial charge in [0.25, 0.3) is 0 Å². The van der Waals surface area contributed by atoms with Gasteiger partial charge in [0.05, 0.1) is 6.54 Å². The maximum absolute atomic E-state index is 11.7. The highest BCUT2D eigenvalue weighted by Gasteiger charge is 2.18. The first-order chi connectivity index (χ1) is 15.7. The molecule has 5 rings (SSSR count). The van der Waals surface area contributed by atoms with Gasteiger partial charge in [0, 0.05) is 37.4 Å². The monoisotopic (exact) mass is 423 g/mol. The van der Waals surface area contributed by atoms with Gasteiger partial charge in [0.1, 0.15) is 11.6 Å². The summed E-state index contributed by atoms with van der Waals surface area (Å²) in [5.41, 5.74) is 4.89. The Labute approximate surface area is 187 Å². The van der Waals surface area contributed by atoms with Gasteiger partial charge in [0.2, 0.25) is 5.91 Å². The molecule has 0 spiro atoms. The number of aromatic nitrogens is 2. The van der Waals surface area contributed by atoms with E-state index in [-0.39, 0.29) is 5.91 Å². The number of anilines is 2. The van der Waals surface area contributed by atoms with Crippen molar-refractivity contribution < 1.29 is 4.79 Å². The van der Waals surface area contributed by atoms with Gasteiger partial charge < -0.3 is 15.5 Å². The summed E-state index contributed by atoms with van der Waals surface area (Å²) in [6, 6.07) is 21.1. The first-order valence-corrected chi connectivity index (χ1v) is 10.8. The molecule has 0 aliphatic carbocycles. The highest BCUT2D eigenvalue weighted by atomic mass is 16.2. The fourth-order valence-corrected chi connectivity index (χ4v) is 4.03. The van der Waals surface area contributed by atoms with E-state index in [1.165, 1.54) is 22.3 Å². The van der Waals surface area contributed by atoms with Crippen molar-refractivity contribution >= 4 is 28.3 Å². The number of carbonyl (C=O) groups excluding carboxylic acids is 1. The minimum absolute atomic E-state index is 0.0312. The van der Waals surface area contributed by atoms with Crippen LogP contribution in [-0.4, -0.2) is 35.5 Å². The van der Waals surface area contributed by atoms with E-state index in [1.807, 2.05) is 23.2 Å². The van der Waals surface area contributed by atoms with E-state index in [9.17, 15) is 4.79 Å². The van der Waals surface area contributed by atoms with Crippen molar-refractivity contribution in [1.82, 2.24) is 15.3 Å². The number of pyridine rings is 2. The fraction of sp³-hybridized carbons (Fsp3) is 0.192. The van der Waals surface area contributed by atoms with Gasteiger partial charge in [-0.05, 0) is 41.1 Å². The van der Waals surface area contributed by atoms with Gasteiger partial charge in [-0.1, -0.05) is 54.1 Å². The summed E-state index contributed by atoms with van der Waals surface area (Å²) in [5, 5.41) is 8.31. The lowest BCUT2D eigenvalue weighted by atomic mass is 10.0. The van der Waals surface area contributed by atoms with Gasteiger partial charge in [-0.2, -0.15) is 0 Å². The number of hydrogen-bond donors (Lipinski definition) is 2. The Morgan fingerprint density at radius 1 is 1.03 bits per heavy atom. The van der Waals surface area contributed by atoms with Crippen LogP contribution in [0.4, 0.5) is 11.6 Å². The number of hydrogen-bond acceptors (Lipinski definition) is 5. The summed E-state index contributed by atoms with van der Waals surface area (Å²) < 4.78 is 0. The topological polar surface area (TPSA) is 70.2 Å². The highest BCUT2D eigenvalue weighted by molar-refractivity contribution is 5.93. The lowest BCUT2D eigenvalue weighted by Crippen LogP contribution is -2.48. The standard InChI is InChI=1S/C26H25N5O/c1-18-3-2-4-21(13-18)20-7-5-19(6-8-20)15-30-26-23-16-29-24(14-22(23)9-10-28-26)31-12-11-27-25(32)17-31/h2-10,13-14,16H,11-12,15,17H2,1H3,(H,27,32)(H,28,30). The molecule has 2 N–H and O–H groups in total. The van der Waals surface area contributed by atoms with Crippen LogP contribution in [0.5, 0.6) is 0 Å². The van der Waals surface area contributed by atoms with Crippen molar-refractivity contribution in [3.05, 3.63) is 84.2 Å². The number of nitrogens with one attached hydrogen (secondary N) is 2. The van der Waals surface area contributed by atoms with Crippen LogP contribution in [0, 0.1) is 6.92 Å². The number of benzene rings is 2. The molecule has 1 aliphatic heterocycles. The highest BCUT2D eigenvalue weighted by Crippen LogP contribution is 2.25. The summed E-state index contributed by atoms with van der Waals surface area (Å²) in [7, 11) is 0. The Balaban J connectivity index is 1.31. The minimum atomic E-state index is 0.0312. The maximum atomic E-state index is 11.7. The second kappa shape index (κ2) is 8.67. The van der Waals surface area contributed by atoms with Crippen molar-refractivity contribution in [1.29, 1.82) is 0 Å². The molecule has 1 amide bonds. The zero-order valence-corrected chi connectivity index (χ0v) is 18.0. The molecule has 0 bridgehead atoms. The Kier molecular flexibility index (Phi) is 5.42. The van der Waals surface area contributed by atoms with Crippen molar-refractivity contribution in [2.75, 3.05) is 29.9 Å². The van der Waals surface area contributed by atoms with Crippen LogP contribution in [0.3, 0.4) is 0 Å². The lowest BCUT2D eigenvalue weighted by molar-refractivity contribution is -0.120. The molecule has 3 heterocycles. The Bertz CT molecular complexity index is 1270. The van der Waals surface area contributed by atoms with Crippen LogP contribution in [0.1, 0.15) is 11.1 Å². The molecular weight excluding hydrogens is 398 g/mol. The molecule has 1 aliphatic rings. The molecule has 4 aromatic rings. The molecule has 160 valence electrons. The Hall–Kier alpha value is -3.93. The van der Waals surface area contributed by atoms with E-state index in [1.54, 1.807) is 6.20 Å². The van der Waals surface area contributed by atoms with Crippen molar-refractivity contribution in [3.63, 3.8) is 0 Å². The number of piperazine rings is 1. The average Bonchev–Trinajstić information content (AvgIpc) is 2.82. The fourth-order valence-electron chi connectivity index (χ4n) is 4.03. The van der Waals surface area contributed by atoms with Crippen LogP contribution in [0.2, 0.25) is 0 Å². The summed E-state index contributed by atoms with van der Waals surface area (Å²) in [6.07, 6.45) is 3.64. The Morgan fingerprint density at radius 3 is 2.72 bits per heavy atom. The molecule has 2 aromatic carbocycles. The SMILES string of the molecule is Cc1cccc(-c2ccc(CNc3nccc4cc(N5CCNC(=O)C5)ncc34)cc2)c1. The zero-order chi connectivity index (χ0) is 21.9. The molecule has 32 heavy (non-hydrogen) atoms. The molecule has 6 heteroatoms. The minimum Gasteiger partial charge on any atom is -0.365 e. The largest absolute Gasteiger partial charge is 0.365 e. The molecular formula is C26H25N5O. The van der Waals surface area contributed by atoms with Gasteiger partial charge in [0.15, 0.2) is 0 Å². The summed E-state index contributed by atoms with van der Waals surface area (Å²) >= 11 is 0. The third-order valence-corrected chi connectivity index (χ3v) is 5.76. The predicted octanol–water partition coefficient (Wildman–Crippen LogP) is 4.15. The van der Waals surface area contributed by atoms with Gasteiger partial charge in [-0.15, -0.1) is 0 Å². The van der Waals surface area contributed by atoms with Crippen LogP contribution >= 0.6 is 0 Å². The number of rotatable bonds is 5. The molecule has 0 saturated carbocycles. The summed E-state index contributed by atoms with van der Waals surface area (Å²) in [4.78, 5) is 22.8. The molecule has 1 saturated heterocycles. The van der Waals surface area contributed by atoms with Gasteiger partial charge >= 0.3 is 0 Å². The molecule has 0 radical (unpaired) electrons. The van der Waals surface area contributed by atoms with E-state index < -0.39 is 0 Å². The summed E-state index contributed by atoms with van der Waals surface area (Å²) in [6.45, 7) is 4.53. The zero-order valence-electron chi connectivity index (χ0n) is 18.0. The van der Waals surface area contributed by atoms with E-state index in [0.29, 0.717) is 19.6 Å². The maximum Gasteiger partial charge on any atom is 0.239 e. The van der Waals surface area contributed by atoms with E-state index in [0.717, 1.165) is 29.0 Å². The third-order valence-electron chi connectivity index (χ3n) is 5.76. The molecule has 0 unspecified atom stereocenters. The van der Waals surface area contributed by atoms with E-state index in [2.05, 4.69) is 76.1 Å². The van der Waals surface area contributed by atoms with Crippen molar-refractivity contribution in [3.8, 4) is 11.1 Å². The quantitative estimate of drug-likeness (QED) is 0.505. The normalized spacial score (nSPS) is 13.8. The third kappa shape index (κ3) is 4.25. The van der Waals surface area contributed by atoms with Crippen molar-refractivity contribution in [2.45, 2.75) is 13.5 Å². The molecule has 0 atom stereocenters. The van der Waals surface area contributed by atoms with Crippen molar-refractivity contribution in [2.24, 2.45) is 0 Å². The number of amides is 1. The van der Waals surface area contributed by atoms with E-state index >= 15 is 0 Å². The number of fused-ring (bicyclic) bond motifs is 1. The Morgan fingerprint density at radius 2 is 1.91 bits per heavy atom. The molecule has 2 aromatic heterocycles. The number of nitrogens with zero attached hydrogens (tertiary/aromatic N) is 3. The smallest absolute Gasteiger partial charge is 0.239 e. The van der Waals surface area contributed by atoms with Gasteiger partial charge in [-0.25, -0.2) is 9.97 Å². The first kappa shape index (κ1) is 20.0. The predicted molar refractivity (Wildman–Crippen MR) is 129 cm³/mol.